The maximum Gasteiger partial charge on any atom is 0.232 e. The molecule has 3 atom stereocenters. The van der Waals surface area contributed by atoms with Crippen molar-refractivity contribution in [1.29, 1.82) is 0 Å². The average Bonchev–Trinajstić information content (AvgIpc) is 3.13. The Labute approximate surface area is 185 Å². The number of rotatable bonds is 7. The number of ether oxygens (including phenoxy) is 1. The number of hydrogen-bond donors (Lipinski definition) is 2. The third kappa shape index (κ3) is 5.70. The molecule has 168 valence electrons. The van der Waals surface area contributed by atoms with Gasteiger partial charge in [0.1, 0.15) is 5.82 Å². The fourth-order valence-corrected chi connectivity index (χ4v) is 4.86. The van der Waals surface area contributed by atoms with Crippen molar-refractivity contribution < 1.29 is 4.74 Å². The normalized spacial score (nSPS) is 25.1. The minimum Gasteiger partial charge on any atom is -0.373 e. The Morgan fingerprint density at radius 1 is 1.13 bits per heavy atom. The van der Waals surface area contributed by atoms with Crippen molar-refractivity contribution in [2.45, 2.75) is 64.8 Å². The van der Waals surface area contributed by atoms with E-state index in [4.69, 9.17) is 10.5 Å². The fourth-order valence-electron chi connectivity index (χ4n) is 4.86. The van der Waals surface area contributed by atoms with E-state index in [9.17, 15) is 0 Å². The van der Waals surface area contributed by atoms with Crippen LogP contribution in [0.25, 0.3) is 0 Å². The van der Waals surface area contributed by atoms with E-state index < -0.39 is 0 Å². The third-order valence-corrected chi connectivity index (χ3v) is 6.15. The van der Waals surface area contributed by atoms with E-state index in [0.29, 0.717) is 30.7 Å². The molecule has 0 spiro atoms. The molecular weight excluding hydrogens is 390 g/mol. The summed E-state index contributed by atoms with van der Waals surface area (Å²) in [6, 6.07) is 8.71. The van der Waals surface area contributed by atoms with Gasteiger partial charge in [-0.3, -0.25) is 9.80 Å². The highest BCUT2D eigenvalue weighted by Crippen LogP contribution is 2.23. The number of aromatic nitrogens is 3. The van der Waals surface area contributed by atoms with Crippen LogP contribution in [-0.4, -0.2) is 69.2 Å². The maximum absolute atomic E-state index is 6.03. The van der Waals surface area contributed by atoms with Gasteiger partial charge in [-0.15, -0.1) is 0 Å². The second-order valence-electron chi connectivity index (χ2n) is 8.81. The molecule has 2 aliphatic rings. The molecule has 4 rings (SSSR count). The minimum absolute atomic E-state index is 0.257. The molecule has 1 aromatic carbocycles. The number of nitrogens with two attached hydrogens (primary N) is 1. The molecule has 0 amide bonds. The SMILES string of the molecule is CCc1ccccc1Nc1nc(N)nc(CN2CCCC2CN2CC(C)OC(C)C2)n1. The van der Waals surface area contributed by atoms with E-state index >= 15 is 0 Å². The molecule has 31 heavy (non-hydrogen) atoms. The minimum atomic E-state index is 0.257. The van der Waals surface area contributed by atoms with Gasteiger partial charge in [0.2, 0.25) is 11.9 Å². The van der Waals surface area contributed by atoms with Gasteiger partial charge in [-0.05, 0) is 51.3 Å². The van der Waals surface area contributed by atoms with Crippen LogP contribution in [0, 0.1) is 0 Å². The van der Waals surface area contributed by atoms with E-state index in [1.165, 1.54) is 18.4 Å². The van der Waals surface area contributed by atoms with Crippen LogP contribution < -0.4 is 11.1 Å². The first-order chi connectivity index (χ1) is 15.0. The van der Waals surface area contributed by atoms with E-state index in [2.05, 4.69) is 56.9 Å². The molecule has 0 bridgehead atoms. The summed E-state index contributed by atoms with van der Waals surface area (Å²) in [4.78, 5) is 18.5. The molecule has 2 fully saturated rings. The van der Waals surface area contributed by atoms with Crippen molar-refractivity contribution in [1.82, 2.24) is 24.8 Å². The van der Waals surface area contributed by atoms with Crippen molar-refractivity contribution in [3.63, 3.8) is 0 Å². The Morgan fingerprint density at radius 2 is 1.90 bits per heavy atom. The summed E-state index contributed by atoms with van der Waals surface area (Å²) < 4.78 is 5.89. The number of hydrogen-bond acceptors (Lipinski definition) is 8. The van der Waals surface area contributed by atoms with Crippen LogP contribution in [0.2, 0.25) is 0 Å². The molecular formula is C23H35N7O. The van der Waals surface area contributed by atoms with Crippen LogP contribution in [0.4, 0.5) is 17.6 Å². The molecule has 0 radical (unpaired) electrons. The van der Waals surface area contributed by atoms with Gasteiger partial charge in [-0.25, -0.2) is 0 Å². The predicted octanol–water partition coefficient (Wildman–Crippen LogP) is 2.83. The lowest BCUT2D eigenvalue weighted by Crippen LogP contribution is -2.50. The molecule has 1 aromatic heterocycles. The van der Waals surface area contributed by atoms with Gasteiger partial charge in [0.25, 0.3) is 0 Å². The van der Waals surface area contributed by atoms with Crippen molar-refractivity contribution >= 4 is 17.6 Å². The van der Waals surface area contributed by atoms with Crippen LogP contribution in [-0.2, 0) is 17.7 Å². The zero-order valence-electron chi connectivity index (χ0n) is 18.9. The average molecular weight is 426 g/mol. The number of likely N-dealkylation sites (tertiary alicyclic amines) is 1. The Balaban J connectivity index is 1.43. The molecule has 8 heteroatoms. The first-order valence-electron chi connectivity index (χ1n) is 11.5. The summed E-state index contributed by atoms with van der Waals surface area (Å²) in [5.74, 6) is 1.49. The molecule has 3 heterocycles. The molecule has 2 aromatic rings. The summed E-state index contributed by atoms with van der Waals surface area (Å²) in [6.07, 6.45) is 3.93. The quantitative estimate of drug-likeness (QED) is 0.700. The second-order valence-corrected chi connectivity index (χ2v) is 8.81. The van der Waals surface area contributed by atoms with Crippen LogP contribution in [0.5, 0.6) is 0 Å². The first kappa shape index (κ1) is 21.9. The summed E-state index contributed by atoms with van der Waals surface area (Å²) >= 11 is 0. The van der Waals surface area contributed by atoms with Gasteiger partial charge in [0, 0.05) is 31.4 Å². The Kier molecular flexibility index (Phi) is 6.99. The molecule has 3 N–H and O–H groups in total. The first-order valence-corrected chi connectivity index (χ1v) is 11.5. The number of nitrogens with zero attached hydrogens (tertiary/aromatic N) is 5. The van der Waals surface area contributed by atoms with Crippen LogP contribution in [0.15, 0.2) is 24.3 Å². The van der Waals surface area contributed by atoms with Crippen molar-refractivity contribution in [3.8, 4) is 0 Å². The number of aryl methyl sites for hydroxylation is 1. The van der Waals surface area contributed by atoms with Gasteiger partial charge >= 0.3 is 0 Å². The highest BCUT2D eigenvalue weighted by molar-refractivity contribution is 5.58. The zero-order chi connectivity index (χ0) is 21.8. The van der Waals surface area contributed by atoms with Gasteiger partial charge in [-0.1, -0.05) is 25.1 Å². The highest BCUT2D eigenvalue weighted by Gasteiger charge is 2.30. The summed E-state index contributed by atoms with van der Waals surface area (Å²) in [6.45, 7) is 11.3. The zero-order valence-corrected chi connectivity index (χ0v) is 18.9. The van der Waals surface area contributed by atoms with Crippen molar-refractivity contribution in [2.24, 2.45) is 0 Å². The van der Waals surface area contributed by atoms with E-state index in [1.807, 2.05) is 18.2 Å². The highest BCUT2D eigenvalue weighted by atomic mass is 16.5. The van der Waals surface area contributed by atoms with Crippen LogP contribution in [0.1, 0.15) is 45.0 Å². The molecule has 0 aliphatic carbocycles. The van der Waals surface area contributed by atoms with Gasteiger partial charge in [-0.2, -0.15) is 15.0 Å². The molecule has 8 nitrogen and oxygen atoms in total. The summed E-state index contributed by atoms with van der Waals surface area (Å²) in [5, 5.41) is 3.33. The van der Waals surface area contributed by atoms with Gasteiger partial charge < -0.3 is 15.8 Å². The number of benzene rings is 1. The second kappa shape index (κ2) is 9.89. The lowest BCUT2D eigenvalue weighted by molar-refractivity contribution is -0.0725. The smallest absolute Gasteiger partial charge is 0.232 e. The van der Waals surface area contributed by atoms with Gasteiger partial charge in [0.15, 0.2) is 0 Å². The largest absolute Gasteiger partial charge is 0.373 e. The monoisotopic (exact) mass is 425 g/mol. The molecule has 2 saturated heterocycles. The van der Waals surface area contributed by atoms with E-state index in [0.717, 1.165) is 44.1 Å². The number of morpholine rings is 1. The molecule has 3 unspecified atom stereocenters. The Hall–Kier alpha value is -2.29. The van der Waals surface area contributed by atoms with E-state index in [-0.39, 0.29) is 5.95 Å². The number of para-hydroxylation sites is 1. The number of nitrogen functional groups attached to an aromatic ring is 1. The van der Waals surface area contributed by atoms with Crippen LogP contribution in [0.3, 0.4) is 0 Å². The van der Waals surface area contributed by atoms with Gasteiger partial charge in [0.05, 0.1) is 18.8 Å². The van der Waals surface area contributed by atoms with Crippen molar-refractivity contribution in [3.05, 3.63) is 35.7 Å². The Bertz CT molecular complexity index is 867. The fraction of sp³-hybridized carbons (Fsp3) is 0.609. The third-order valence-electron chi connectivity index (χ3n) is 6.15. The lowest BCUT2D eigenvalue weighted by atomic mass is 10.1. The molecule has 0 saturated carbocycles. The molecule has 2 aliphatic heterocycles. The topological polar surface area (TPSA) is 92.4 Å². The number of nitrogens with one attached hydrogen (secondary N) is 1. The summed E-state index contributed by atoms with van der Waals surface area (Å²) in [5.41, 5.74) is 8.26. The standard InChI is InChI=1S/C23H35N7O/c1-4-18-8-5-6-10-20(18)25-23-27-21(26-22(24)28-23)15-30-11-7-9-19(30)14-29-12-16(2)31-17(3)13-29/h5-6,8,10,16-17,19H,4,7,9,11-15H2,1-3H3,(H3,24,25,26,27,28). The summed E-state index contributed by atoms with van der Waals surface area (Å²) in [7, 11) is 0. The van der Waals surface area contributed by atoms with Crippen molar-refractivity contribution in [2.75, 3.05) is 37.2 Å². The Morgan fingerprint density at radius 3 is 2.68 bits per heavy atom. The lowest BCUT2D eigenvalue weighted by Gasteiger charge is -2.38. The maximum atomic E-state index is 6.03. The van der Waals surface area contributed by atoms with E-state index in [1.54, 1.807) is 0 Å². The number of anilines is 3. The van der Waals surface area contributed by atoms with Crippen LogP contribution >= 0.6 is 0 Å². The predicted molar refractivity (Wildman–Crippen MR) is 123 cm³/mol.